The van der Waals surface area contributed by atoms with E-state index in [-0.39, 0.29) is 12.2 Å². The van der Waals surface area contributed by atoms with Crippen LogP contribution in [0.2, 0.25) is 0 Å². The second kappa shape index (κ2) is 5.48. The Morgan fingerprint density at radius 1 is 1.35 bits per heavy atom. The highest BCUT2D eigenvalue weighted by atomic mass is 32.3. The maximum absolute atomic E-state index is 12.8. The van der Waals surface area contributed by atoms with Crippen LogP contribution < -0.4 is 0 Å². The van der Waals surface area contributed by atoms with E-state index >= 15 is 0 Å². The van der Waals surface area contributed by atoms with Gasteiger partial charge in [-0.05, 0) is 6.42 Å². The Hall–Kier alpha value is -1.12. The largest absolute Gasteiger partial charge is 0.368 e. The fourth-order valence-corrected chi connectivity index (χ4v) is 1.92. The van der Waals surface area contributed by atoms with Gasteiger partial charge in [-0.25, -0.2) is 8.78 Å². The number of hydrogen-bond donors (Lipinski definition) is 0. The minimum Gasteiger partial charge on any atom is -0.294 e. The van der Waals surface area contributed by atoms with Gasteiger partial charge in [0.1, 0.15) is 5.82 Å². The molecule has 5 nitrogen and oxygen atoms in total. The van der Waals surface area contributed by atoms with Crippen molar-refractivity contribution in [2.75, 3.05) is 0 Å². The number of alkyl halides is 2. The lowest BCUT2D eigenvalue weighted by Gasteiger charge is -2.07. The first-order valence-electron chi connectivity index (χ1n) is 5.01. The fourth-order valence-electron chi connectivity index (χ4n) is 1.34. The van der Waals surface area contributed by atoms with Crippen molar-refractivity contribution in [3.8, 4) is 0 Å². The van der Waals surface area contributed by atoms with Crippen LogP contribution in [0.15, 0.2) is 5.16 Å². The molecule has 0 aliphatic heterocycles. The Morgan fingerprint density at radius 3 is 2.47 bits per heavy atom. The van der Waals surface area contributed by atoms with Gasteiger partial charge in [0.15, 0.2) is 0 Å². The summed E-state index contributed by atoms with van der Waals surface area (Å²) in [5.41, 5.74) is 0. The van der Waals surface area contributed by atoms with Gasteiger partial charge in [0.2, 0.25) is 0 Å². The van der Waals surface area contributed by atoms with Gasteiger partial charge in [-0.15, -0.1) is 10.2 Å². The number of rotatable bonds is 6. The molecule has 1 aromatic heterocycles. The molecule has 0 aliphatic rings. The summed E-state index contributed by atoms with van der Waals surface area (Å²) in [5, 5.41) is 5.49. The number of aryl methyl sites for hydroxylation is 1. The maximum atomic E-state index is 12.8. The van der Waals surface area contributed by atoms with E-state index in [0.29, 0.717) is 11.0 Å². The molecule has 0 saturated carbocycles. The zero-order valence-corrected chi connectivity index (χ0v) is 9.92. The second-order valence-electron chi connectivity index (χ2n) is 3.44. The zero-order chi connectivity index (χ0) is 13.1. The Kier molecular flexibility index (Phi) is 4.49. The highest BCUT2D eigenvalue weighted by Crippen LogP contribution is 2.15. The fraction of sp³-hybridized carbons (Fsp3) is 0.750. The number of nitrogens with zero attached hydrogens (tertiary/aromatic N) is 3. The molecule has 0 N–H and O–H groups in total. The van der Waals surface area contributed by atoms with Gasteiger partial charge in [-0.2, -0.15) is 8.42 Å². The molecule has 9 heteroatoms. The van der Waals surface area contributed by atoms with Crippen LogP contribution >= 0.6 is 0 Å². The standard InChI is InChI=1S/C8H12F3N3O2S/c1-2-3-4-7-12-13-8(17(11,15)16)14(7)5-6(9)10/h6H,2-5H2,1H3. The van der Waals surface area contributed by atoms with E-state index in [0.717, 1.165) is 6.42 Å². The third-order valence-corrected chi connectivity index (χ3v) is 2.82. The Labute approximate surface area is 96.9 Å². The SMILES string of the molecule is CCCCc1nnc(S(=O)(=O)F)n1CC(F)F. The predicted molar refractivity (Wildman–Crippen MR) is 52.9 cm³/mol. The predicted octanol–water partition coefficient (Wildman–Crippen LogP) is 1.54. The highest BCUT2D eigenvalue weighted by Gasteiger charge is 2.25. The average Bonchev–Trinajstić information content (AvgIpc) is 2.56. The zero-order valence-electron chi connectivity index (χ0n) is 9.11. The van der Waals surface area contributed by atoms with Gasteiger partial charge in [-0.1, -0.05) is 17.2 Å². The first-order valence-corrected chi connectivity index (χ1v) is 6.39. The van der Waals surface area contributed by atoms with Crippen LogP contribution in [0.5, 0.6) is 0 Å². The van der Waals surface area contributed by atoms with Gasteiger partial charge in [0.05, 0.1) is 6.54 Å². The molecule has 0 radical (unpaired) electrons. The molecule has 1 heterocycles. The summed E-state index contributed by atoms with van der Waals surface area (Å²) in [5.74, 6) is 0.0587. The molecule has 0 saturated heterocycles. The summed E-state index contributed by atoms with van der Waals surface area (Å²) in [6, 6.07) is 0. The minimum atomic E-state index is -5.13. The maximum Gasteiger partial charge on any atom is 0.368 e. The molecular weight excluding hydrogens is 259 g/mol. The number of unbranched alkanes of at least 4 members (excludes halogenated alkanes) is 1. The van der Waals surface area contributed by atoms with Crippen LogP contribution in [-0.4, -0.2) is 29.6 Å². The Balaban J connectivity index is 3.11. The smallest absolute Gasteiger partial charge is 0.294 e. The molecule has 0 aliphatic carbocycles. The van der Waals surface area contributed by atoms with Gasteiger partial charge < -0.3 is 0 Å². The van der Waals surface area contributed by atoms with Crippen LogP contribution in [0, 0.1) is 0 Å². The summed E-state index contributed by atoms with van der Waals surface area (Å²) >= 11 is 0. The topological polar surface area (TPSA) is 64.8 Å². The molecule has 0 unspecified atom stereocenters. The lowest BCUT2D eigenvalue weighted by Crippen LogP contribution is -2.15. The quantitative estimate of drug-likeness (QED) is 0.736. The summed E-state index contributed by atoms with van der Waals surface area (Å²) < 4.78 is 59.3. The van der Waals surface area contributed by atoms with E-state index in [4.69, 9.17) is 0 Å². The molecule has 0 bridgehead atoms. The number of aromatic nitrogens is 3. The van der Waals surface area contributed by atoms with Gasteiger partial charge >= 0.3 is 10.2 Å². The lowest BCUT2D eigenvalue weighted by molar-refractivity contribution is 0.121. The highest BCUT2D eigenvalue weighted by molar-refractivity contribution is 7.86. The van der Waals surface area contributed by atoms with Crippen LogP contribution in [0.3, 0.4) is 0 Å². The van der Waals surface area contributed by atoms with Crippen LogP contribution in [-0.2, 0) is 23.2 Å². The molecule has 0 spiro atoms. The van der Waals surface area contributed by atoms with Crippen molar-refractivity contribution in [3.05, 3.63) is 5.82 Å². The summed E-state index contributed by atoms with van der Waals surface area (Å²) in [4.78, 5) is 0. The van der Waals surface area contributed by atoms with Gasteiger partial charge in [0.25, 0.3) is 11.6 Å². The summed E-state index contributed by atoms with van der Waals surface area (Å²) in [6.45, 7) is 0.950. The molecule has 0 atom stereocenters. The number of hydrogen-bond acceptors (Lipinski definition) is 4. The third-order valence-electron chi connectivity index (χ3n) is 2.09. The Morgan fingerprint density at radius 2 is 2.00 bits per heavy atom. The summed E-state index contributed by atoms with van der Waals surface area (Å²) in [7, 11) is -5.13. The van der Waals surface area contributed by atoms with Crippen molar-refractivity contribution in [3.63, 3.8) is 0 Å². The van der Waals surface area contributed by atoms with Crippen molar-refractivity contribution in [1.29, 1.82) is 0 Å². The average molecular weight is 271 g/mol. The normalized spacial score (nSPS) is 12.3. The van der Waals surface area contributed by atoms with Crippen LogP contribution in [0.4, 0.5) is 12.7 Å². The van der Waals surface area contributed by atoms with Crippen molar-refractivity contribution < 1.29 is 21.1 Å². The molecule has 0 fully saturated rings. The molecule has 1 rings (SSSR count). The van der Waals surface area contributed by atoms with Crippen LogP contribution in [0.25, 0.3) is 0 Å². The molecular formula is C8H12F3N3O2S. The van der Waals surface area contributed by atoms with E-state index in [1.165, 1.54) is 0 Å². The minimum absolute atomic E-state index is 0.0587. The van der Waals surface area contributed by atoms with E-state index in [1.54, 1.807) is 0 Å². The van der Waals surface area contributed by atoms with Crippen molar-refractivity contribution in [2.24, 2.45) is 0 Å². The molecule has 0 amide bonds. The van der Waals surface area contributed by atoms with E-state index in [2.05, 4.69) is 10.2 Å². The molecule has 0 aromatic carbocycles. The first-order chi connectivity index (χ1) is 7.86. The Bertz CT molecular complexity index is 472. The van der Waals surface area contributed by atoms with E-state index < -0.39 is 28.3 Å². The molecule has 98 valence electrons. The van der Waals surface area contributed by atoms with Crippen molar-refractivity contribution >= 4 is 10.2 Å². The molecule has 17 heavy (non-hydrogen) atoms. The van der Waals surface area contributed by atoms with Gasteiger partial charge in [-0.3, -0.25) is 4.57 Å². The van der Waals surface area contributed by atoms with Crippen molar-refractivity contribution in [1.82, 2.24) is 14.8 Å². The second-order valence-corrected chi connectivity index (χ2v) is 4.68. The monoisotopic (exact) mass is 271 g/mol. The van der Waals surface area contributed by atoms with E-state index in [9.17, 15) is 21.1 Å². The van der Waals surface area contributed by atoms with Crippen LogP contribution in [0.1, 0.15) is 25.6 Å². The lowest BCUT2D eigenvalue weighted by atomic mass is 10.2. The van der Waals surface area contributed by atoms with Crippen molar-refractivity contribution in [2.45, 2.75) is 44.3 Å². The third kappa shape index (κ3) is 3.69. The molecule has 1 aromatic rings. The summed E-state index contributed by atoms with van der Waals surface area (Å²) in [6.07, 6.45) is -1.11. The van der Waals surface area contributed by atoms with E-state index in [1.807, 2.05) is 6.92 Å². The van der Waals surface area contributed by atoms with Gasteiger partial charge in [0, 0.05) is 6.42 Å². The first kappa shape index (κ1) is 13.9. The number of halogens is 3.